The van der Waals surface area contributed by atoms with Crippen LogP contribution in [0.1, 0.15) is 6.23 Å². The predicted molar refractivity (Wildman–Crippen MR) is 73.4 cm³/mol. The number of anilines is 1. The van der Waals surface area contributed by atoms with Crippen molar-refractivity contribution in [3.05, 3.63) is 16.7 Å². The van der Waals surface area contributed by atoms with Gasteiger partial charge in [0.1, 0.15) is 18.3 Å². The van der Waals surface area contributed by atoms with Gasteiger partial charge in [0, 0.05) is 7.11 Å². The lowest BCUT2D eigenvalue weighted by Crippen LogP contribution is -2.37. The summed E-state index contributed by atoms with van der Waals surface area (Å²) in [6.07, 6.45) is -3.59. The number of aliphatic hydroxyl groups excluding tert-OH is 2. The number of nitrogens with two attached hydrogens (primary N) is 1. The normalized spacial score (nSPS) is 28.0. The van der Waals surface area contributed by atoms with Gasteiger partial charge >= 0.3 is 13.5 Å². The Morgan fingerprint density at radius 3 is 2.70 bits per heavy atom. The van der Waals surface area contributed by atoms with E-state index in [4.69, 9.17) is 30.1 Å². The Balaban J connectivity index is 2.44. The molecule has 0 spiro atoms. The van der Waals surface area contributed by atoms with Crippen molar-refractivity contribution < 1.29 is 38.6 Å². The lowest BCUT2D eigenvalue weighted by atomic mass is 10.1. The van der Waals surface area contributed by atoms with E-state index in [1.807, 2.05) is 0 Å². The number of phosphoric acid groups is 1. The van der Waals surface area contributed by atoms with Gasteiger partial charge in [-0.15, -0.1) is 0 Å². The third-order valence-corrected chi connectivity index (χ3v) is 3.64. The molecule has 0 aromatic carbocycles. The Labute approximate surface area is 129 Å². The van der Waals surface area contributed by atoms with Gasteiger partial charge in [-0.05, 0) is 0 Å². The van der Waals surface area contributed by atoms with Crippen molar-refractivity contribution in [1.29, 1.82) is 0 Å². The molecule has 13 heteroatoms. The number of ether oxygens (including phenoxy) is 2. The fourth-order valence-corrected chi connectivity index (χ4v) is 2.59. The first-order valence-electron chi connectivity index (χ1n) is 6.29. The predicted octanol–water partition coefficient (Wildman–Crippen LogP) is -2.44. The van der Waals surface area contributed by atoms with Crippen LogP contribution in [0.2, 0.25) is 0 Å². The van der Waals surface area contributed by atoms with E-state index in [1.165, 1.54) is 7.11 Å². The Kier molecular flexibility index (Phi) is 5.06. The van der Waals surface area contributed by atoms with Crippen LogP contribution in [0.4, 0.5) is 5.82 Å². The molecule has 6 N–H and O–H groups in total. The number of hydrogen-bond donors (Lipinski definition) is 5. The van der Waals surface area contributed by atoms with Gasteiger partial charge < -0.3 is 29.9 Å². The van der Waals surface area contributed by atoms with Crippen LogP contribution in [0.25, 0.3) is 0 Å². The number of nitrogen functional groups attached to an aromatic ring is 1. The molecule has 1 aliphatic heterocycles. The summed E-state index contributed by atoms with van der Waals surface area (Å²) in [4.78, 5) is 33.0. The van der Waals surface area contributed by atoms with Gasteiger partial charge in [-0.25, -0.2) is 9.36 Å². The quantitative estimate of drug-likeness (QED) is 0.354. The summed E-state index contributed by atoms with van der Waals surface area (Å²) >= 11 is 0. The molecule has 0 saturated carbocycles. The molecule has 4 atom stereocenters. The van der Waals surface area contributed by atoms with Gasteiger partial charge in [-0.1, -0.05) is 0 Å². The minimum atomic E-state index is -4.93. The van der Waals surface area contributed by atoms with Gasteiger partial charge in [0.05, 0.1) is 12.8 Å². The lowest BCUT2D eigenvalue weighted by Gasteiger charge is -2.21. The second-order valence-electron chi connectivity index (χ2n) is 4.70. The molecular weight excluding hydrogens is 337 g/mol. The zero-order valence-electron chi connectivity index (χ0n) is 11.8. The van der Waals surface area contributed by atoms with Gasteiger partial charge in [-0.3, -0.25) is 14.4 Å². The molecule has 0 aliphatic carbocycles. The maximum atomic E-state index is 12.0. The van der Waals surface area contributed by atoms with Crippen LogP contribution in [0.15, 0.2) is 11.0 Å². The highest BCUT2D eigenvalue weighted by Gasteiger charge is 2.45. The monoisotopic (exact) mass is 353 g/mol. The fourth-order valence-electron chi connectivity index (χ4n) is 2.19. The summed E-state index contributed by atoms with van der Waals surface area (Å²) in [6.45, 7) is -0.527. The molecule has 0 bridgehead atoms. The molecule has 1 aliphatic rings. The van der Waals surface area contributed by atoms with Crippen molar-refractivity contribution in [3.8, 4) is 5.75 Å². The Morgan fingerprint density at radius 1 is 1.52 bits per heavy atom. The van der Waals surface area contributed by atoms with Crippen LogP contribution in [0.5, 0.6) is 5.75 Å². The first-order chi connectivity index (χ1) is 10.7. The van der Waals surface area contributed by atoms with Crippen molar-refractivity contribution in [2.24, 2.45) is 0 Å². The van der Waals surface area contributed by atoms with Crippen LogP contribution in [0.3, 0.4) is 0 Å². The molecule has 23 heavy (non-hydrogen) atoms. The third kappa shape index (κ3) is 3.70. The second-order valence-corrected chi connectivity index (χ2v) is 5.86. The highest BCUT2D eigenvalue weighted by molar-refractivity contribution is 7.46. The van der Waals surface area contributed by atoms with Gasteiger partial charge in [0.25, 0.3) is 0 Å². The van der Waals surface area contributed by atoms with Gasteiger partial charge in [0.2, 0.25) is 0 Å². The largest absolute Gasteiger partial charge is 0.524 e. The summed E-state index contributed by atoms with van der Waals surface area (Å²) < 4.78 is 26.4. The highest BCUT2D eigenvalue weighted by Crippen LogP contribution is 2.40. The number of hydrogen-bond acceptors (Lipinski definition) is 9. The fraction of sp³-hybridized carbons (Fsp3) is 0.600. The Bertz CT molecular complexity index is 674. The van der Waals surface area contributed by atoms with E-state index in [1.54, 1.807) is 0 Å². The molecule has 1 saturated heterocycles. The number of nitrogens with zero attached hydrogens (tertiary/aromatic N) is 2. The Hall–Kier alpha value is -1.53. The minimum absolute atomic E-state index is 0.527. The smallest absolute Gasteiger partial charge is 0.399 e. The van der Waals surface area contributed by atoms with Gasteiger partial charge in [-0.2, -0.15) is 4.98 Å². The van der Waals surface area contributed by atoms with E-state index in [2.05, 4.69) is 9.51 Å². The SMILES string of the molecule is CO[C@@H]1[C@H](O)[C@@H](CO)O[C@H]1n1cc(OP(=O)(O)O)c(N)nc1=O. The molecule has 1 fully saturated rings. The zero-order chi connectivity index (χ0) is 17.4. The van der Waals surface area contributed by atoms with E-state index in [-0.39, 0.29) is 0 Å². The minimum Gasteiger partial charge on any atom is -0.399 e. The summed E-state index contributed by atoms with van der Waals surface area (Å²) in [5.41, 5.74) is 4.47. The maximum absolute atomic E-state index is 12.0. The molecule has 0 amide bonds. The van der Waals surface area contributed by atoms with Crippen molar-refractivity contribution in [2.75, 3.05) is 19.5 Å². The van der Waals surface area contributed by atoms with E-state index in [0.717, 1.165) is 10.8 Å². The highest BCUT2D eigenvalue weighted by atomic mass is 31.2. The third-order valence-electron chi connectivity index (χ3n) is 3.20. The van der Waals surface area contributed by atoms with E-state index in [0.29, 0.717) is 0 Å². The van der Waals surface area contributed by atoms with Crippen LogP contribution >= 0.6 is 7.82 Å². The molecule has 12 nitrogen and oxygen atoms in total. The number of aromatic nitrogens is 2. The standard InChI is InChI=1S/C10H16N3O9P/c1-20-7-6(15)5(3-14)21-9(7)13-2-4(22-23(17,18)19)8(11)12-10(13)16/h2,5-7,9,14-15H,3H2,1H3,(H2,11,12,16)(H2,17,18,19)/t5-,6-,7-,9-/m1/s1. The molecule has 1 aromatic rings. The first kappa shape index (κ1) is 17.8. The number of phosphoric ester groups is 1. The average Bonchev–Trinajstić information content (AvgIpc) is 2.76. The Morgan fingerprint density at radius 2 is 2.17 bits per heavy atom. The summed E-state index contributed by atoms with van der Waals surface area (Å²) in [5.74, 6) is -1.07. The van der Waals surface area contributed by atoms with Crippen LogP contribution in [-0.4, -0.2) is 61.6 Å². The van der Waals surface area contributed by atoms with Crippen molar-refractivity contribution in [1.82, 2.24) is 9.55 Å². The van der Waals surface area contributed by atoms with E-state index < -0.39 is 56.2 Å². The number of aliphatic hydroxyl groups is 2. The van der Waals surface area contributed by atoms with Crippen molar-refractivity contribution in [2.45, 2.75) is 24.5 Å². The molecule has 2 heterocycles. The zero-order valence-corrected chi connectivity index (χ0v) is 12.7. The summed E-state index contributed by atoms with van der Waals surface area (Å²) in [6, 6.07) is 0. The molecule has 130 valence electrons. The molecule has 0 unspecified atom stereocenters. The molecule has 2 rings (SSSR count). The van der Waals surface area contributed by atoms with E-state index >= 15 is 0 Å². The molecule has 0 radical (unpaired) electrons. The average molecular weight is 353 g/mol. The van der Waals surface area contributed by atoms with Crippen molar-refractivity contribution in [3.63, 3.8) is 0 Å². The molecule has 1 aromatic heterocycles. The maximum Gasteiger partial charge on any atom is 0.524 e. The van der Waals surface area contributed by atoms with Crippen LogP contribution < -0.4 is 15.9 Å². The lowest BCUT2D eigenvalue weighted by molar-refractivity contribution is -0.0626. The number of methoxy groups -OCH3 is 1. The topological polar surface area (TPSA) is 187 Å². The number of rotatable bonds is 5. The first-order valence-corrected chi connectivity index (χ1v) is 7.82. The summed E-state index contributed by atoms with van der Waals surface area (Å²) in [5, 5.41) is 19.1. The van der Waals surface area contributed by atoms with Gasteiger partial charge in [0.15, 0.2) is 17.8 Å². The van der Waals surface area contributed by atoms with Crippen LogP contribution in [0, 0.1) is 0 Å². The van der Waals surface area contributed by atoms with Crippen LogP contribution in [-0.2, 0) is 14.0 Å². The molecular formula is C10H16N3O9P. The van der Waals surface area contributed by atoms with Crippen molar-refractivity contribution >= 4 is 13.6 Å². The summed E-state index contributed by atoms with van der Waals surface area (Å²) in [7, 11) is -3.67. The second kappa shape index (κ2) is 6.53. The van der Waals surface area contributed by atoms with E-state index in [9.17, 15) is 14.5 Å².